The Morgan fingerprint density at radius 2 is 1.64 bits per heavy atom. The van der Waals surface area contributed by atoms with Gasteiger partial charge in [-0.3, -0.25) is 5.32 Å². The van der Waals surface area contributed by atoms with Crippen LogP contribution in [0.1, 0.15) is 19.4 Å². The number of carbonyl (C=O) groups excluding carboxylic acids is 2. The second kappa shape index (κ2) is 8.65. The van der Waals surface area contributed by atoms with Gasteiger partial charge in [-0.05, 0) is 26.0 Å². The monoisotopic (exact) mass is 367 g/mol. The molecule has 1 aromatic carbocycles. The van der Waals surface area contributed by atoms with Crippen LogP contribution in [0.3, 0.4) is 0 Å². The lowest BCUT2D eigenvalue weighted by Gasteiger charge is -2.30. The first kappa shape index (κ1) is 20.7. The Kier molecular flexibility index (Phi) is 7.16. The normalized spacial score (nSPS) is 13.7. The average Bonchev–Trinajstić information content (AvgIpc) is 2.52. The van der Waals surface area contributed by atoms with E-state index < -0.39 is 29.7 Å². The molecule has 0 fully saturated rings. The standard InChI is InChI=1S/C15H18F4N2O4/c1-3-24-12(22)14(15(17,18)19,21-13(23)25-4-2)20-9-10-5-7-11(16)8-6-10/h5-8,20H,3-4,9H2,1-2H3,(H,21,23)/p+1/t14-/m1/s1. The first-order chi connectivity index (χ1) is 11.7. The topological polar surface area (TPSA) is 81.2 Å². The molecular weight excluding hydrogens is 348 g/mol. The first-order valence-corrected chi connectivity index (χ1v) is 7.44. The number of carbonyl (C=O) groups is 2. The number of alkyl halides is 3. The van der Waals surface area contributed by atoms with Gasteiger partial charge < -0.3 is 14.8 Å². The fraction of sp³-hybridized carbons (Fsp3) is 0.467. The second-order valence-corrected chi connectivity index (χ2v) is 4.91. The minimum atomic E-state index is -5.17. The van der Waals surface area contributed by atoms with Crippen LogP contribution in [0.4, 0.5) is 22.4 Å². The van der Waals surface area contributed by atoms with E-state index in [0.29, 0.717) is 10.9 Å². The van der Waals surface area contributed by atoms with Crippen LogP contribution in [0, 0.1) is 5.82 Å². The molecule has 0 radical (unpaired) electrons. The molecule has 10 heteroatoms. The van der Waals surface area contributed by atoms with Crippen molar-refractivity contribution in [3.8, 4) is 0 Å². The number of nitrogens with two attached hydrogens (primary N) is 1. The average molecular weight is 367 g/mol. The molecule has 0 saturated carbocycles. The molecule has 140 valence electrons. The van der Waals surface area contributed by atoms with Crippen molar-refractivity contribution >= 4 is 12.1 Å². The van der Waals surface area contributed by atoms with Gasteiger partial charge in [-0.25, -0.2) is 14.0 Å². The maximum atomic E-state index is 13.7. The van der Waals surface area contributed by atoms with E-state index in [1.165, 1.54) is 26.0 Å². The molecule has 0 aromatic heterocycles. The maximum absolute atomic E-state index is 13.7. The molecule has 1 aromatic rings. The quantitative estimate of drug-likeness (QED) is 0.434. The fourth-order valence-electron chi connectivity index (χ4n) is 1.95. The van der Waals surface area contributed by atoms with Crippen LogP contribution in [-0.4, -0.2) is 37.1 Å². The van der Waals surface area contributed by atoms with Crippen LogP contribution in [0.2, 0.25) is 0 Å². The van der Waals surface area contributed by atoms with Crippen molar-refractivity contribution in [2.75, 3.05) is 13.2 Å². The Balaban J connectivity index is 3.14. The van der Waals surface area contributed by atoms with E-state index in [1.54, 1.807) is 5.32 Å². The molecule has 0 aliphatic carbocycles. The van der Waals surface area contributed by atoms with Gasteiger partial charge in [-0.15, -0.1) is 0 Å². The molecule has 25 heavy (non-hydrogen) atoms. The third kappa shape index (κ3) is 5.31. The van der Waals surface area contributed by atoms with Gasteiger partial charge in [0, 0.05) is 5.56 Å². The zero-order chi connectivity index (χ0) is 19.1. The van der Waals surface area contributed by atoms with Crippen molar-refractivity contribution in [1.29, 1.82) is 0 Å². The number of rotatable bonds is 7. The Hall–Kier alpha value is -2.36. The minimum absolute atomic E-state index is 0.180. The Morgan fingerprint density at radius 3 is 2.12 bits per heavy atom. The molecule has 1 atom stereocenters. The highest BCUT2D eigenvalue weighted by Crippen LogP contribution is 2.27. The van der Waals surface area contributed by atoms with Crippen LogP contribution in [0.5, 0.6) is 0 Å². The predicted octanol–water partition coefficient (Wildman–Crippen LogP) is 1.46. The summed E-state index contributed by atoms with van der Waals surface area (Å²) in [4.78, 5) is 23.6. The third-order valence-electron chi connectivity index (χ3n) is 3.18. The molecule has 1 amide bonds. The van der Waals surface area contributed by atoms with Crippen molar-refractivity contribution in [3.63, 3.8) is 0 Å². The largest absolute Gasteiger partial charge is 0.478 e. The van der Waals surface area contributed by atoms with Crippen LogP contribution in [0.25, 0.3) is 0 Å². The fourth-order valence-corrected chi connectivity index (χ4v) is 1.95. The highest BCUT2D eigenvalue weighted by molar-refractivity contribution is 5.84. The van der Waals surface area contributed by atoms with E-state index in [2.05, 4.69) is 9.47 Å². The van der Waals surface area contributed by atoms with Crippen molar-refractivity contribution in [1.82, 2.24) is 5.32 Å². The number of halogens is 4. The molecule has 0 aliphatic rings. The Morgan fingerprint density at radius 1 is 1.08 bits per heavy atom. The summed E-state index contributed by atoms with van der Waals surface area (Å²) >= 11 is 0. The van der Waals surface area contributed by atoms with Crippen LogP contribution in [0.15, 0.2) is 24.3 Å². The number of nitrogens with one attached hydrogen (secondary N) is 1. The summed E-state index contributed by atoms with van der Waals surface area (Å²) in [6, 6.07) is 4.67. The van der Waals surface area contributed by atoms with Gasteiger partial charge in [-0.1, -0.05) is 12.1 Å². The van der Waals surface area contributed by atoms with E-state index >= 15 is 0 Å². The van der Waals surface area contributed by atoms with Crippen molar-refractivity contribution in [2.45, 2.75) is 32.2 Å². The molecule has 0 heterocycles. The lowest BCUT2D eigenvalue weighted by molar-refractivity contribution is -0.757. The zero-order valence-electron chi connectivity index (χ0n) is 13.7. The van der Waals surface area contributed by atoms with Gasteiger partial charge in [0.15, 0.2) is 0 Å². The summed E-state index contributed by atoms with van der Waals surface area (Å²) in [5.74, 6) is -2.24. The summed E-state index contributed by atoms with van der Waals surface area (Å²) in [5.41, 5.74) is -3.08. The van der Waals surface area contributed by atoms with Crippen LogP contribution >= 0.6 is 0 Å². The summed E-state index contributed by atoms with van der Waals surface area (Å²) in [6.07, 6.45) is -6.59. The molecule has 0 spiro atoms. The number of alkyl carbamates (subject to hydrolysis) is 1. The second-order valence-electron chi connectivity index (χ2n) is 4.91. The van der Waals surface area contributed by atoms with Gasteiger partial charge in [0.2, 0.25) is 0 Å². The van der Waals surface area contributed by atoms with Crippen LogP contribution in [-0.2, 0) is 20.8 Å². The number of esters is 1. The number of ether oxygens (including phenoxy) is 2. The summed E-state index contributed by atoms with van der Waals surface area (Å²) < 4.78 is 62.8. The molecule has 3 N–H and O–H groups in total. The molecule has 0 unspecified atom stereocenters. The van der Waals surface area contributed by atoms with Crippen molar-refractivity contribution in [3.05, 3.63) is 35.6 Å². The summed E-state index contributed by atoms with van der Waals surface area (Å²) in [6.45, 7) is 1.88. The molecule has 1 rings (SSSR count). The maximum Gasteiger partial charge on any atom is 0.478 e. The van der Waals surface area contributed by atoms with Gasteiger partial charge in [0.25, 0.3) is 0 Å². The molecule has 0 saturated heterocycles. The van der Waals surface area contributed by atoms with E-state index in [1.807, 2.05) is 0 Å². The minimum Gasteiger partial charge on any atom is -0.460 e. The van der Waals surface area contributed by atoms with E-state index in [0.717, 1.165) is 12.1 Å². The lowest BCUT2D eigenvalue weighted by atomic mass is 10.1. The summed E-state index contributed by atoms with van der Waals surface area (Å²) in [7, 11) is 0. The predicted molar refractivity (Wildman–Crippen MR) is 77.6 cm³/mol. The van der Waals surface area contributed by atoms with E-state index in [9.17, 15) is 27.2 Å². The number of quaternary nitrogens is 1. The van der Waals surface area contributed by atoms with E-state index in [4.69, 9.17) is 0 Å². The number of amides is 1. The molecular formula is C15H19F4N2O4+. The Bertz CT molecular complexity index is 592. The van der Waals surface area contributed by atoms with Gasteiger partial charge in [-0.2, -0.15) is 13.2 Å². The van der Waals surface area contributed by atoms with Crippen molar-refractivity contribution in [2.24, 2.45) is 0 Å². The molecule has 0 bridgehead atoms. The van der Waals surface area contributed by atoms with Gasteiger partial charge in [0.05, 0.1) is 13.2 Å². The van der Waals surface area contributed by atoms with Gasteiger partial charge in [0.1, 0.15) is 12.4 Å². The highest BCUT2D eigenvalue weighted by atomic mass is 19.4. The summed E-state index contributed by atoms with van der Waals surface area (Å²) in [5, 5.41) is 2.11. The number of hydrogen-bond acceptors (Lipinski definition) is 4. The smallest absolute Gasteiger partial charge is 0.460 e. The molecule has 6 nitrogen and oxygen atoms in total. The van der Waals surface area contributed by atoms with Crippen molar-refractivity contribution < 1.29 is 41.9 Å². The lowest BCUT2D eigenvalue weighted by Crippen LogP contribution is -3.06. The first-order valence-electron chi connectivity index (χ1n) is 7.44. The van der Waals surface area contributed by atoms with Crippen LogP contribution < -0.4 is 10.6 Å². The van der Waals surface area contributed by atoms with Gasteiger partial charge >= 0.3 is 23.9 Å². The highest BCUT2D eigenvalue weighted by Gasteiger charge is 2.67. The number of benzene rings is 1. The SMILES string of the molecule is CCOC(=O)N[C@]([NH2+]Cc1ccc(F)cc1)(C(=O)OCC)C(F)(F)F. The zero-order valence-corrected chi connectivity index (χ0v) is 13.7. The van der Waals surface area contributed by atoms with E-state index in [-0.39, 0.29) is 19.8 Å². The molecule has 0 aliphatic heterocycles. The number of hydrogen-bond donors (Lipinski definition) is 2. The Labute approximate surface area is 141 Å². The third-order valence-corrected chi connectivity index (χ3v) is 3.18.